The number of rotatable bonds is 9. The fourth-order valence-corrected chi connectivity index (χ4v) is 2.45. The average Bonchev–Trinajstić information content (AvgIpc) is 2.65. The highest BCUT2D eigenvalue weighted by Crippen LogP contribution is 2.29. The fraction of sp³-hybridized carbons (Fsp3) is 0.312. The molecule has 1 aromatic heterocycles. The third-order valence-electron chi connectivity index (χ3n) is 3.57. The van der Waals surface area contributed by atoms with Crippen LogP contribution in [0, 0.1) is 10.1 Å². The van der Waals surface area contributed by atoms with E-state index in [2.05, 4.69) is 26.1 Å². The molecule has 0 radical (unpaired) electrons. The summed E-state index contributed by atoms with van der Waals surface area (Å²) in [5.41, 5.74) is 4.32. The van der Waals surface area contributed by atoms with Gasteiger partial charge in [-0.2, -0.15) is 0 Å². The molecule has 1 heterocycles. The molecule has 0 spiro atoms. The second-order valence-electron chi connectivity index (χ2n) is 5.67. The van der Waals surface area contributed by atoms with Crippen molar-refractivity contribution in [2.45, 2.75) is 26.3 Å². The first-order valence-electron chi connectivity index (χ1n) is 8.20. The minimum atomic E-state index is -0.636. The minimum Gasteiger partial charge on any atom is -0.482 e. The van der Waals surface area contributed by atoms with E-state index in [9.17, 15) is 14.9 Å². The van der Waals surface area contributed by atoms with Gasteiger partial charge in [0.15, 0.2) is 6.61 Å². The van der Waals surface area contributed by atoms with Gasteiger partial charge in [-0.3, -0.25) is 25.8 Å². The minimum absolute atomic E-state index is 0.0337. The van der Waals surface area contributed by atoms with E-state index in [1.807, 2.05) is 13.8 Å². The summed E-state index contributed by atoms with van der Waals surface area (Å²) < 4.78 is 5.29. The Balaban J connectivity index is 2.02. The van der Waals surface area contributed by atoms with Crippen LogP contribution in [0.4, 0.5) is 17.3 Å². The van der Waals surface area contributed by atoms with E-state index in [0.29, 0.717) is 5.02 Å². The van der Waals surface area contributed by atoms with Crippen LogP contribution in [-0.2, 0) is 4.79 Å². The molecule has 3 N–H and O–H groups in total. The number of hydrazine groups is 1. The maximum Gasteiger partial charge on any atom is 0.354 e. The van der Waals surface area contributed by atoms with Crippen molar-refractivity contribution >= 4 is 46.4 Å². The van der Waals surface area contributed by atoms with Gasteiger partial charge in [0.2, 0.25) is 11.6 Å². The normalized spacial score (nSPS) is 11.4. The van der Waals surface area contributed by atoms with Crippen molar-refractivity contribution in [2.75, 3.05) is 17.3 Å². The van der Waals surface area contributed by atoms with Gasteiger partial charge in [0, 0.05) is 11.1 Å². The molecule has 12 heteroatoms. The highest BCUT2D eigenvalue weighted by molar-refractivity contribution is 6.35. The average molecular weight is 429 g/mol. The predicted octanol–water partition coefficient (Wildman–Crippen LogP) is 3.42. The highest BCUT2D eigenvalue weighted by atomic mass is 35.5. The summed E-state index contributed by atoms with van der Waals surface area (Å²) in [6, 6.07) is 4.53. The number of carbonyl (C=O) groups is 1. The van der Waals surface area contributed by atoms with Crippen LogP contribution in [0.25, 0.3) is 0 Å². The van der Waals surface area contributed by atoms with Gasteiger partial charge in [0.05, 0.1) is 9.95 Å². The van der Waals surface area contributed by atoms with Crippen LogP contribution in [-0.4, -0.2) is 33.4 Å². The monoisotopic (exact) mass is 428 g/mol. The van der Waals surface area contributed by atoms with Crippen molar-refractivity contribution in [1.82, 2.24) is 15.4 Å². The third kappa shape index (κ3) is 5.83. The topological polar surface area (TPSA) is 131 Å². The number of ether oxygens (including phenoxy) is 1. The van der Waals surface area contributed by atoms with E-state index < -0.39 is 10.8 Å². The number of hydrogen-bond acceptors (Lipinski definition) is 8. The van der Waals surface area contributed by atoms with E-state index >= 15 is 0 Å². The van der Waals surface area contributed by atoms with Crippen LogP contribution in [0.15, 0.2) is 24.5 Å². The summed E-state index contributed by atoms with van der Waals surface area (Å²) in [5.74, 6) is -0.441. The molecule has 0 aliphatic heterocycles. The zero-order chi connectivity index (χ0) is 20.7. The molecule has 28 heavy (non-hydrogen) atoms. The Kier molecular flexibility index (Phi) is 7.59. The van der Waals surface area contributed by atoms with Crippen LogP contribution in [0.2, 0.25) is 10.0 Å². The Labute approximate surface area is 170 Å². The zero-order valence-electron chi connectivity index (χ0n) is 15.0. The molecule has 10 nitrogen and oxygen atoms in total. The van der Waals surface area contributed by atoms with E-state index in [1.54, 1.807) is 6.07 Å². The second kappa shape index (κ2) is 9.90. The number of benzene rings is 1. The van der Waals surface area contributed by atoms with Crippen molar-refractivity contribution in [2.24, 2.45) is 0 Å². The standard InChI is InChI=1S/C16H18Cl2N6O4/c1-3-9(2)21-15-14(24(26)27)16(20-8-19-15)23-22-13(25)7-28-12-5-4-10(17)6-11(12)18/h4-6,8-9H,3,7H2,1-2H3,(H,22,25)(H2,19,20,21,23). The van der Waals surface area contributed by atoms with Crippen molar-refractivity contribution in [3.8, 4) is 5.75 Å². The molecular formula is C16H18Cl2N6O4. The van der Waals surface area contributed by atoms with Crippen molar-refractivity contribution in [3.63, 3.8) is 0 Å². The first-order valence-corrected chi connectivity index (χ1v) is 8.96. The summed E-state index contributed by atoms with van der Waals surface area (Å²) in [7, 11) is 0. The molecule has 2 aromatic rings. The fourth-order valence-electron chi connectivity index (χ4n) is 1.98. The lowest BCUT2D eigenvalue weighted by Gasteiger charge is -2.14. The van der Waals surface area contributed by atoms with Gasteiger partial charge in [-0.1, -0.05) is 30.1 Å². The number of amides is 1. The number of nitrogens with zero attached hydrogens (tertiary/aromatic N) is 3. The summed E-state index contributed by atoms with van der Waals surface area (Å²) in [6.45, 7) is 3.40. The molecule has 0 bridgehead atoms. The van der Waals surface area contributed by atoms with Crippen molar-refractivity contribution in [3.05, 3.63) is 44.7 Å². The highest BCUT2D eigenvalue weighted by Gasteiger charge is 2.24. The Morgan fingerprint density at radius 2 is 2.04 bits per heavy atom. The predicted molar refractivity (Wildman–Crippen MR) is 106 cm³/mol. The molecule has 0 saturated heterocycles. The van der Waals surface area contributed by atoms with Crippen LogP contribution in [0.1, 0.15) is 20.3 Å². The maximum absolute atomic E-state index is 12.0. The number of nitrogens with one attached hydrogen (secondary N) is 3. The maximum atomic E-state index is 12.0. The van der Waals surface area contributed by atoms with E-state index in [1.165, 1.54) is 12.1 Å². The molecule has 0 saturated carbocycles. The molecular weight excluding hydrogens is 411 g/mol. The number of hydrogen-bond donors (Lipinski definition) is 3. The molecule has 2 rings (SSSR count). The van der Waals surface area contributed by atoms with E-state index in [4.69, 9.17) is 27.9 Å². The zero-order valence-corrected chi connectivity index (χ0v) is 16.5. The van der Waals surface area contributed by atoms with Gasteiger partial charge in [-0.15, -0.1) is 0 Å². The van der Waals surface area contributed by atoms with Crippen molar-refractivity contribution < 1.29 is 14.5 Å². The first kappa shape index (κ1) is 21.5. The van der Waals surface area contributed by atoms with Crippen LogP contribution in [0.5, 0.6) is 5.75 Å². The van der Waals surface area contributed by atoms with Gasteiger partial charge < -0.3 is 10.1 Å². The van der Waals surface area contributed by atoms with Gasteiger partial charge in [0.1, 0.15) is 12.1 Å². The number of carbonyl (C=O) groups excluding carboxylic acids is 1. The Morgan fingerprint density at radius 1 is 1.32 bits per heavy atom. The molecule has 1 amide bonds. The molecule has 1 atom stereocenters. The molecule has 0 aliphatic rings. The number of aromatic nitrogens is 2. The molecule has 1 aromatic carbocycles. The summed E-state index contributed by atoms with van der Waals surface area (Å²) >= 11 is 11.7. The lowest BCUT2D eigenvalue weighted by atomic mass is 10.2. The SMILES string of the molecule is CCC(C)Nc1ncnc(NNC(=O)COc2ccc(Cl)cc2Cl)c1[N+](=O)[O-]. The van der Waals surface area contributed by atoms with Crippen LogP contribution in [0.3, 0.4) is 0 Å². The number of anilines is 2. The van der Waals surface area contributed by atoms with Crippen LogP contribution < -0.4 is 20.9 Å². The van der Waals surface area contributed by atoms with E-state index in [0.717, 1.165) is 12.7 Å². The lowest BCUT2D eigenvalue weighted by molar-refractivity contribution is -0.383. The third-order valence-corrected chi connectivity index (χ3v) is 4.10. The van der Waals surface area contributed by atoms with Gasteiger partial charge in [-0.25, -0.2) is 9.97 Å². The Morgan fingerprint density at radius 3 is 2.68 bits per heavy atom. The molecule has 1 unspecified atom stereocenters. The Hall–Kier alpha value is -2.85. The van der Waals surface area contributed by atoms with Gasteiger partial charge in [0.25, 0.3) is 5.91 Å². The lowest BCUT2D eigenvalue weighted by Crippen LogP contribution is -2.34. The first-order chi connectivity index (χ1) is 13.3. The van der Waals surface area contributed by atoms with Gasteiger partial charge in [-0.05, 0) is 31.5 Å². The Bertz CT molecular complexity index is 867. The summed E-state index contributed by atoms with van der Waals surface area (Å²) in [6.07, 6.45) is 1.89. The van der Waals surface area contributed by atoms with Crippen LogP contribution >= 0.6 is 23.2 Å². The number of nitro groups is 1. The number of halogens is 2. The smallest absolute Gasteiger partial charge is 0.354 e. The van der Waals surface area contributed by atoms with Crippen molar-refractivity contribution in [1.29, 1.82) is 0 Å². The second-order valence-corrected chi connectivity index (χ2v) is 6.51. The summed E-state index contributed by atoms with van der Waals surface area (Å²) in [4.78, 5) is 30.5. The molecule has 0 fully saturated rings. The quantitative estimate of drug-likeness (QED) is 0.408. The molecule has 0 aliphatic carbocycles. The molecule has 150 valence electrons. The largest absolute Gasteiger partial charge is 0.482 e. The van der Waals surface area contributed by atoms with E-state index in [-0.39, 0.29) is 40.7 Å². The summed E-state index contributed by atoms with van der Waals surface area (Å²) in [5, 5.41) is 15.0. The van der Waals surface area contributed by atoms with Gasteiger partial charge >= 0.3 is 5.69 Å².